The third-order valence-corrected chi connectivity index (χ3v) is 3.70. The van der Waals surface area contributed by atoms with Gasteiger partial charge < -0.3 is 14.5 Å². The molecule has 2 aromatic rings. The highest BCUT2D eigenvalue weighted by Gasteiger charge is 2.32. The molecule has 1 atom stereocenters. The van der Waals surface area contributed by atoms with E-state index in [0.717, 1.165) is 4.90 Å². The number of hydrogen-bond acceptors (Lipinski definition) is 5. The SMILES string of the molecule is C[C@H](OC(=O)c1ccc(-c2ccccc2F)o1)C(=O)N1CCNC1=O. The molecule has 1 aliphatic heterocycles. The van der Waals surface area contributed by atoms with Crippen molar-refractivity contribution in [1.82, 2.24) is 10.2 Å². The second-order valence-electron chi connectivity index (χ2n) is 5.41. The number of hydrogen-bond donors (Lipinski definition) is 1. The van der Waals surface area contributed by atoms with Crippen molar-refractivity contribution >= 4 is 17.9 Å². The van der Waals surface area contributed by atoms with Gasteiger partial charge in [0.2, 0.25) is 5.76 Å². The molecule has 0 saturated carbocycles. The van der Waals surface area contributed by atoms with Crippen LogP contribution in [0.5, 0.6) is 0 Å². The van der Waals surface area contributed by atoms with Gasteiger partial charge in [0.05, 0.1) is 5.56 Å². The number of ether oxygens (including phenoxy) is 1. The lowest BCUT2D eigenvalue weighted by molar-refractivity contribution is -0.136. The van der Waals surface area contributed by atoms with Gasteiger partial charge in [0, 0.05) is 13.1 Å². The maximum Gasteiger partial charge on any atom is 0.375 e. The predicted octanol–water partition coefficient (Wildman–Crippen LogP) is 2.18. The number of imide groups is 1. The van der Waals surface area contributed by atoms with Crippen LogP contribution in [0.25, 0.3) is 11.3 Å². The van der Waals surface area contributed by atoms with E-state index in [1.54, 1.807) is 12.1 Å². The molecule has 0 radical (unpaired) electrons. The molecule has 25 heavy (non-hydrogen) atoms. The first-order valence-electron chi connectivity index (χ1n) is 7.62. The van der Waals surface area contributed by atoms with Crippen molar-refractivity contribution in [1.29, 1.82) is 0 Å². The number of benzene rings is 1. The van der Waals surface area contributed by atoms with Crippen LogP contribution in [0.4, 0.5) is 9.18 Å². The zero-order valence-corrected chi connectivity index (χ0v) is 13.3. The fourth-order valence-electron chi connectivity index (χ4n) is 2.42. The number of carbonyl (C=O) groups excluding carboxylic acids is 3. The molecule has 0 spiro atoms. The van der Waals surface area contributed by atoms with Crippen LogP contribution in [-0.2, 0) is 9.53 Å². The van der Waals surface area contributed by atoms with Gasteiger partial charge >= 0.3 is 12.0 Å². The van der Waals surface area contributed by atoms with Gasteiger partial charge in [0.15, 0.2) is 6.10 Å². The Kier molecular flexibility index (Phi) is 4.51. The Morgan fingerprint density at radius 2 is 2.04 bits per heavy atom. The van der Waals surface area contributed by atoms with Crippen LogP contribution >= 0.6 is 0 Å². The van der Waals surface area contributed by atoms with Crippen LogP contribution in [0.3, 0.4) is 0 Å². The van der Waals surface area contributed by atoms with E-state index in [4.69, 9.17) is 9.15 Å². The summed E-state index contributed by atoms with van der Waals surface area (Å²) in [7, 11) is 0. The van der Waals surface area contributed by atoms with Crippen molar-refractivity contribution in [2.75, 3.05) is 13.1 Å². The van der Waals surface area contributed by atoms with Crippen molar-refractivity contribution in [3.8, 4) is 11.3 Å². The Balaban J connectivity index is 1.69. The van der Waals surface area contributed by atoms with Gasteiger partial charge in [-0.25, -0.2) is 14.0 Å². The molecule has 0 bridgehead atoms. The van der Waals surface area contributed by atoms with Gasteiger partial charge in [-0.1, -0.05) is 12.1 Å². The van der Waals surface area contributed by atoms with E-state index < -0.39 is 29.8 Å². The molecule has 130 valence electrons. The Morgan fingerprint density at radius 3 is 2.72 bits per heavy atom. The van der Waals surface area contributed by atoms with Crippen molar-refractivity contribution in [2.45, 2.75) is 13.0 Å². The molecule has 1 N–H and O–H groups in total. The molecule has 7 nitrogen and oxygen atoms in total. The van der Waals surface area contributed by atoms with Crippen LogP contribution in [0, 0.1) is 5.82 Å². The zero-order chi connectivity index (χ0) is 18.0. The van der Waals surface area contributed by atoms with E-state index in [2.05, 4.69) is 5.32 Å². The first-order chi connectivity index (χ1) is 12.0. The van der Waals surface area contributed by atoms with Crippen molar-refractivity contribution in [3.05, 3.63) is 48.0 Å². The highest BCUT2D eigenvalue weighted by molar-refractivity contribution is 5.99. The van der Waals surface area contributed by atoms with Crippen LogP contribution in [-0.4, -0.2) is 42.0 Å². The molecule has 2 heterocycles. The lowest BCUT2D eigenvalue weighted by atomic mass is 10.1. The fraction of sp³-hybridized carbons (Fsp3) is 0.235. The summed E-state index contributed by atoms with van der Waals surface area (Å²) in [4.78, 5) is 36.7. The highest BCUT2D eigenvalue weighted by Crippen LogP contribution is 2.25. The quantitative estimate of drug-likeness (QED) is 0.857. The molecule has 1 aliphatic rings. The molecular weight excluding hydrogens is 331 g/mol. The number of amides is 3. The van der Waals surface area contributed by atoms with E-state index in [1.807, 2.05) is 0 Å². The summed E-state index contributed by atoms with van der Waals surface area (Å²) in [5.41, 5.74) is 0.208. The summed E-state index contributed by atoms with van der Waals surface area (Å²) >= 11 is 0. The van der Waals surface area contributed by atoms with Crippen molar-refractivity contribution in [3.63, 3.8) is 0 Å². The standard InChI is InChI=1S/C17H15FN2O5/c1-10(15(21)20-9-8-19-17(20)23)24-16(22)14-7-6-13(25-14)11-4-2-3-5-12(11)18/h2-7,10H,8-9H2,1H3,(H,19,23)/t10-/m0/s1. The van der Waals surface area contributed by atoms with Crippen LogP contribution in [0.15, 0.2) is 40.8 Å². The predicted molar refractivity (Wildman–Crippen MR) is 84.1 cm³/mol. The molecule has 3 rings (SSSR count). The molecule has 0 aliphatic carbocycles. The summed E-state index contributed by atoms with van der Waals surface area (Å²) in [6.45, 7) is 1.94. The number of urea groups is 1. The van der Waals surface area contributed by atoms with Gasteiger partial charge in [-0.3, -0.25) is 9.69 Å². The smallest absolute Gasteiger partial charge is 0.375 e. The molecular formula is C17H15FN2O5. The fourth-order valence-corrected chi connectivity index (χ4v) is 2.42. The maximum absolute atomic E-state index is 13.7. The van der Waals surface area contributed by atoms with Crippen LogP contribution < -0.4 is 5.32 Å². The van der Waals surface area contributed by atoms with Crippen molar-refractivity contribution < 1.29 is 27.9 Å². The molecule has 3 amide bonds. The highest BCUT2D eigenvalue weighted by atomic mass is 19.1. The summed E-state index contributed by atoms with van der Waals surface area (Å²) < 4.78 is 24.1. The minimum Gasteiger partial charge on any atom is -0.449 e. The largest absolute Gasteiger partial charge is 0.449 e. The number of rotatable bonds is 4. The summed E-state index contributed by atoms with van der Waals surface area (Å²) in [6, 6.07) is 8.23. The zero-order valence-electron chi connectivity index (χ0n) is 13.3. The van der Waals surface area contributed by atoms with E-state index in [-0.39, 0.29) is 23.6 Å². The normalized spacial score (nSPS) is 15.0. The van der Waals surface area contributed by atoms with Gasteiger partial charge in [0.25, 0.3) is 5.91 Å². The van der Waals surface area contributed by atoms with Gasteiger partial charge in [-0.15, -0.1) is 0 Å². The number of esters is 1. The van der Waals surface area contributed by atoms with E-state index in [1.165, 1.54) is 31.2 Å². The number of halogens is 1. The second kappa shape index (κ2) is 6.76. The van der Waals surface area contributed by atoms with Gasteiger partial charge in [-0.2, -0.15) is 0 Å². The van der Waals surface area contributed by atoms with E-state index in [0.29, 0.717) is 6.54 Å². The van der Waals surface area contributed by atoms with E-state index >= 15 is 0 Å². The van der Waals surface area contributed by atoms with Gasteiger partial charge in [-0.05, 0) is 31.2 Å². The van der Waals surface area contributed by atoms with Crippen LogP contribution in [0.2, 0.25) is 0 Å². The first kappa shape index (κ1) is 16.7. The third kappa shape index (κ3) is 3.37. The average molecular weight is 346 g/mol. The Hall–Kier alpha value is -3.16. The monoisotopic (exact) mass is 346 g/mol. The molecule has 1 saturated heterocycles. The number of furan rings is 1. The third-order valence-electron chi connectivity index (χ3n) is 3.70. The minimum absolute atomic E-state index is 0.163. The molecule has 1 aromatic heterocycles. The minimum atomic E-state index is -1.15. The molecule has 1 aromatic carbocycles. The van der Waals surface area contributed by atoms with E-state index in [9.17, 15) is 18.8 Å². The first-order valence-corrected chi connectivity index (χ1v) is 7.62. The Bertz CT molecular complexity index is 832. The molecule has 8 heteroatoms. The maximum atomic E-state index is 13.7. The summed E-state index contributed by atoms with van der Waals surface area (Å²) in [5.74, 6) is -1.97. The number of nitrogens with one attached hydrogen (secondary N) is 1. The van der Waals surface area contributed by atoms with Gasteiger partial charge in [0.1, 0.15) is 11.6 Å². The Labute approximate surface area is 142 Å². The molecule has 0 unspecified atom stereocenters. The van der Waals surface area contributed by atoms with Crippen molar-refractivity contribution in [2.24, 2.45) is 0 Å². The summed E-state index contributed by atoms with van der Waals surface area (Å²) in [6.07, 6.45) is -1.15. The molecule has 1 fully saturated rings. The lowest BCUT2D eigenvalue weighted by Gasteiger charge is -2.17. The summed E-state index contributed by atoms with van der Waals surface area (Å²) in [5, 5.41) is 2.49. The Morgan fingerprint density at radius 1 is 1.28 bits per heavy atom. The average Bonchev–Trinajstić information content (AvgIpc) is 3.23. The second-order valence-corrected chi connectivity index (χ2v) is 5.41. The topological polar surface area (TPSA) is 88.8 Å². The number of carbonyl (C=O) groups is 3. The lowest BCUT2D eigenvalue weighted by Crippen LogP contribution is -2.41. The number of nitrogens with zero attached hydrogens (tertiary/aromatic N) is 1. The van der Waals surface area contributed by atoms with Crippen LogP contribution in [0.1, 0.15) is 17.5 Å².